The molecule has 0 heterocycles. The van der Waals surface area contributed by atoms with E-state index in [1.165, 1.54) is 14.2 Å². The lowest BCUT2D eigenvalue weighted by Crippen LogP contribution is -2.31. The summed E-state index contributed by atoms with van der Waals surface area (Å²) in [6.07, 6.45) is 5.79. The zero-order valence-corrected chi connectivity index (χ0v) is 18.1. The lowest BCUT2D eigenvalue weighted by molar-refractivity contribution is -0.125. The molecular formula is C24H33NO5. The first-order valence-electron chi connectivity index (χ1n) is 10.5. The zero-order chi connectivity index (χ0) is 21.9. The maximum Gasteiger partial charge on any atom is 0.223 e. The predicted octanol–water partition coefficient (Wildman–Crippen LogP) is 4.56. The highest BCUT2D eigenvalue weighted by atomic mass is 16.5. The number of carbonyl (C=O) groups is 1. The van der Waals surface area contributed by atoms with Crippen molar-refractivity contribution in [2.24, 2.45) is 5.92 Å². The van der Waals surface area contributed by atoms with Gasteiger partial charge in [-0.1, -0.05) is 44.7 Å². The van der Waals surface area contributed by atoms with Crippen molar-refractivity contribution in [2.75, 3.05) is 14.2 Å². The summed E-state index contributed by atoms with van der Waals surface area (Å²) in [5.41, 5.74) is 1.81. The van der Waals surface area contributed by atoms with Crippen molar-refractivity contribution in [1.29, 1.82) is 0 Å². The van der Waals surface area contributed by atoms with Gasteiger partial charge in [0.2, 0.25) is 5.91 Å². The second-order valence-electron chi connectivity index (χ2n) is 7.48. The Morgan fingerprint density at radius 2 is 1.53 bits per heavy atom. The fourth-order valence-electron chi connectivity index (χ4n) is 3.44. The van der Waals surface area contributed by atoms with Gasteiger partial charge in [-0.3, -0.25) is 4.79 Å². The summed E-state index contributed by atoms with van der Waals surface area (Å²) in [4.78, 5) is 13.0. The summed E-state index contributed by atoms with van der Waals surface area (Å²) >= 11 is 0. The molecule has 0 aliphatic rings. The summed E-state index contributed by atoms with van der Waals surface area (Å²) < 4.78 is 10.3. The molecule has 0 radical (unpaired) electrons. The first-order valence-corrected chi connectivity index (χ1v) is 10.5. The van der Waals surface area contributed by atoms with Crippen LogP contribution in [0.15, 0.2) is 36.4 Å². The molecule has 30 heavy (non-hydrogen) atoms. The Balaban J connectivity index is 2.06. The van der Waals surface area contributed by atoms with Crippen molar-refractivity contribution in [3.8, 4) is 23.0 Å². The van der Waals surface area contributed by atoms with Crippen LogP contribution in [0.1, 0.15) is 50.2 Å². The molecule has 0 aliphatic carbocycles. The third kappa shape index (κ3) is 6.87. The van der Waals surface area contributed by atoms with Crippen molar-refractivity contribution in [3.05, 3.63) is 47.5 Å². The van der Waals surface area contributed by atoms with E-state index in [1.807, 2.05) is 6.07 Å². The molecule has 0 aliphatic heterocycles. The molecule has 0 saturated heterocycles. The van der Waals surface area contributed by atoms with Gasteiger partial charge in [0.1, 0.15) is 0 Å². The van der Waals surface area contributed by atoms with Crippen molar-refractivity contribution in [3.63, 3.8) is 0 Å². The molecule has 0 bridgehead atoms. The van der Waals surface area contributed by atoms with Crippen molar-refractivity contribution in [2.45, 2.75) is 52.0 Å². The van der Waals surface area contributed by atoms with E-state index in [-0.39, 0.29) is 23.3 Å². The first kappa shape index (κ1) is 23.4. The smallest absolute Gasteiger partial charge is 0.223 e. The van der Waals surface area contributed by atoms with Gasteiger partial charge in [0, 0.05) is 12.5 Å². The topological polar surface area (TPSA) is 88.0 Å². The van der Waals surface area contributed by atoms with Gasteiger partial charge in [-0.15, -0.1) is 0 Å². The van der Waals surface area contributed by atoms with Crippen LogP contribution in [0.2, 0.25) is 0 Å². The molecule has 0 aromatic heterocycles. The summed E-state index contributed by atoms with van der Waals surface area (Å²) in [5, 5.41) is 22.6. The Bertz CT molecular complexity index is 821. The molecule has 3 N–H and O–H groups in total. The Morgan fingerprint density at radius 1 is 0.933 bits per heavy atom. The lowest BCUT2D eigenvalue weighted by atomic mass is 9.92. The Labute approximate surface area is 178 Å². The number of methoxy groups -OCH3 is 2. The van der Waals surface area contributed by atoms with E-state index < -0.39 is 0 Å². The minimum Gasteiger partial charge on any atom is -0.504 e. The van der Waals surface area contributed by atoms with Crippen LogP contribution in [0, 0.1) is 5.92 Å². The van der Waals surface area contributed by atoms with E-state index >= 15 is 0 Å². The fraction of sp³-hybridized carbons (Fsp3) is 0.458. The first-order chi connectivity index (χ1) is 14.5. The number of amides is 1. The predicted molar refractivity (Wildman–Crippen MR) is 117 cm³/mol. The van der Waals surface area contributed by atoms with Gasteiger partial charge >= 0.3 is 0 Å². The van der Waals surface area contributed by atoms with Crippen molar-refractivity contribution >= 4 is 5.91 Å². The summed E-state index contributed by atoms with van der Waals surface area (Å²) in [7, 11) is 3.01. The Morgan fingerprint density at radius 3 is 2.13 bits per heavy atom. The van der Waals surface area contributed by atoms with Crippen LogP contribution in [-0.2, 0) is 17.8 Å². The highest BCUT2D eigenvalue weighted by molar-refractivity contribution is 5.79. The van der Waals surface area contributed by atoms with Gasteiger partial charge in [-0.25, -0.2) is 0 Å². The minimum atomic E-state index is -0.171. The van der Waals surface area contributed by atoms with Crippen LogP contribution in [0.5, 0.6) is 23.0 Å². The van der Waals surface area contributed by atoms with Crippen LogP contribution in [-0.4, -0.2) is 30.3 Å². The van der Waals surface area contributed by atoms with Gasteiger partial charge in [-0.2, -0.15) is 0 Å². The number of nitrogens with one attached hydrogen (secondary N) is 1. The number of rotatable bonds is 12. The molecule has 2 rings (SSSR count). The monoisotopic (exact) mass is 415 g/mol. The standard InChI is InChI=1S/C24H33NO5/c1-4-5-6-7-8-19(13-17-9-11-20(26)22(14-17)29-2)24(28)25-16-18-10-12-21(27)23(15-18)30-3/h9-12,14-15,19,26-27H,4-8,13,16H2,1-3H3,(H,25,28). The summed E-state index contributed by atoms with van der Waals surface area (Å²) in [5.74, 6) is 0.776. The number of aromatic hydroxyl groups is 2. The van der Waals surface area contributed by atoms with Crippen LogP contribution < -0.4 is 14.8 Å². The number of hydrogen-bond acceptors (Lipinski definition) is 5. The number of ether oxygens (including phenoxy) is 2. The average molecular weight is 416 g/mol. The zero-order valence-electron chi connectivity index (χ0n) is 18.1. The normalized spacial score (nSPS) is 11.7. The maximum atomic E-state index is 13.0. The largest absolute Gasteiger partial charge is 0.504 e. The number of phenolic OH excluding ortho intramolecular Hbond substituents is 2. The number of unbranched alkanes of at least 4 members (excludes halogenated alkanes) is 3. The molecule has 1 atom stereocenters. The van der Waals surface area contributed by atoms with E-state index in [1.54, 1.807) is 30.3 Å². The molecule has 0 spiro atoms. The Kier molecular flexibility index (Phi) is 9.32. The second kappa shape index (κ2) is 12.0. The van der Waals surface area contributed by atoms with Gasteiger partial charge in [0.25, 0.3) is 0 Å². The Hall–Kier alpha value is -2.89. The highest BCUT2D eigenvalue weighted by Crippen LogP contribution is 2.29. The molecular weight excluding hydrogens is 382 g/mol. The number of carbonyl (C=O) groups excluding carboxylic acids is 1. The molecule has 2 aromatic carbocycles. The van der Waals surface area contributed by atoms with E-state index in [0.29, 0.717) is 24.5 Å². The fourth-order valence-corrected chi connectivity index (χ4v) is 3.44. The van der Waals surface area contributed by atoms with E-state index in [0.717, 1.165) is 43.2 Å². The molecule has 0 saturated carbocycles. The van der Waals surface area contributed by atoms with Crippen LogP contribution in [0.25, 0.3) is 0 Å². The molecule has 6 heteroatoms. The van der Waals surface area contributed by atoms with Gasteiger partial charge in [0.15, 0.2) is 23.0 Å². The van der Waals surface area contributed by atoms with Crippen LogP contribution >= 0.6 is 0 Å². The minimum absolute atomic E-state index is 0.00872. The lowest BCUT2D eigenvalue weighted by Gasteiger charge is -2.18. The number of hydrogen-bond donors (Lipinski definition) is 3. The third-order valence-electron chi connectivity index (χ3n) is 5.21. The molecule has 1 amide bonds. The molecule has 6 nitrogen and oxygen atoms in total. The molecule has 1 unspecified atom stereocenters. The third-order valence-corrected chi connectivity index (χ3v) is 5.21. The molecule has 2 aromatic rings. The number of phenols is 2. The van der Waals surface area contributed by atoms with Crippen molar-refractivity contribution in [1.82, 2.24) is 5.32 Å². The van der Waals surface area contributed by atoms with Gasteiger partial charge in [0.05, 0.1) is 14.2 Å². The van der Waals surface area contributed by atoms with E-state index in [4.69, 9.17) is 9.47 Å². The SMILES string of the molecule is CCCCCCC(Cc1ccc(O)c(OC)c1)C(=O)NCc1ccc(O)c(OC)c1. The van der Waals surface area contributed by atoms with Gasteiger partial charge < -0.3 is 25.0 Å². The highest BCUT2D eigenvalue weighted by Gasteiger charge is 2.19. The quantitative estimate of drug-likeness (QED) is 0.442. The second-order valence-corrected chi connectivity index (χ2v) is 7.48. The molecule has 0 fully saturated rings. The maximum absolute atomic E-state index is 13.0. The number of benzene rings is 2. The molecule has 164 valence electrons. The summed E-state index contributed by atoms with van der Waals surface area (Å²) in [6, 6.07) is 10.3. The summed E-state index contributed by atoms with van der Waals surface area (Å²) in [6.45, 7) is 2.53. The van der Waals surface area contributed by atoms with E-state index in [2.05, 4.69) is 12.2 Å². The van der Waals surface area contributed by atoms with Gasteiger partial charge in [-0.05, 0) is 48.2 Å². The van der Waals surface area contributed by atoms with E-state index in [9.17, 15) is 15.0 Å². The van der Waals surface area contributed by atoms with Crippen LogP contribution in [0.4, 0.5) is 0 Å². The van der Waals surface area contributed by atoms with Crippen molar-refractivity contribution < 1.29 is 24.5 Å². The average Bonchev–Trinajstić information content (AvgIpc) is 2.76. The van der Waals surface area contributed by atoms with Crippen LogP contribution in [0.3, 0.4) is 0 Å².